The molecule has 0 saturated heterocycles. The molecule has 0 spiro atoms. The Morgan fingerprint density at radius 3 is 3.00 bits per heavy atom. The highest BCUT2D eigenvalue weighted by molar-refractivity contribution is 7.80. The molecule has 1 unspecified atom stereocenters. The molecule has 3 N–H and O–H groups in total. The second kappa shape index (κ2) is 5.74. The summed E-state index contributed by atoms with van der Waals surface area (Å²) in [5, 5.41) is 2.94. The number of aromatic nitrogens is 5. The smallest absolute Gasteiger partial charge is 0.200 e. The number of imidazole rings is 1. The molecule has 3 heterocycles. The molecule has 3 aromatic heterocycles. The lowest BCUT2D eigenvalue weighted by Crippen LogP contribution is -2.11. The van der Waals surface area contributed by atoms with Crippen LogP contribution in [-0.2, 0) is 6.54 Å². The Labute approximate surface area is 135 Å². The van der Waals surface area contributed by atoms with E-state index in [1.165, 1.54) is 11.3 Å². The Balaban J connectivity index is 2.28. The van der Waals surface area contributed by atoms with Crippen LogP contribution >= 0.6 is 36.2 Å². The normalized spacial score (nSPS) is 12.9. The van der Waals surface area contributed by atoms with Gasteiger partial charge in [-0.25, -0.2) is 9.97 Å². The van der Waals surface area contributed by atoms with Crippen LogP contribution in [0.1, 0.15) is 13.3 Å². The molecule has 3 aromatic rings. The zero-order valence-electron chi connectivity index (χ0n) is 11.3. The monoisotopic (exact) mass is 338 g/mol. The SMILES string of the molecule is CCC(S)Cn1c(-c2nccs2)nc2c(N)[nH]c(=S)nc21. The average Bonchev–Trinajstić information content (AvgIpc) is 3.07. The van der Waals surface area contributed by atoms with Crippen LogP contribution in [0.4, 0.5) is 5.82 Å². The molecule has 0 aliphatic heterocycles. The summed E-state index contributed by atoms with van der Waals surface area (Å²) in [6, 6.07) is 0. The molecular formula is C12H14N6S3. The Morgan fingerprint density at radius 2 is 2.33 bits per heavy atom. The summed E-state index contributed by atoms with van der Waals surface area (Å²) >= 11 is 11.2. The lowest BCUT2D eigenvalue weighted by atomic mass is 10.3. The second-order valence-corrected chi connectivity index (χ2v) is 6.58. The molecule has 0 amide bonds. The van der Waals surface area contributed by atoms with Gasteiger partial charge < -0.3 is 15.3 Å². The highest BCUT2D eigenvalue weighted by Gasteiger charge is 2.19. The minimum Gasteiger partial charge on any atom is -0.383 e. The van der Waals surface area contributed by atoms with Crippen molar-refractivity contribution in [3.63, 3.8) is 0 Å². The predicted octanol–water partition coefficient (Wildman–Crippen LogP) is 2.90. The zero-order valence-corrected chi connectivity index (χ0v) is 13.8. The minimum atomic E-state index is 0.196. The van der Waals surface area contributed by atoms with Gasteiger partial charge in [0.05, 0.1) is 0 Å². The minimum absolute atomic E-state index is 0.196. The van der Waals surface area contributed by atoms with Crippen molar-refractivity contribution in [1.82, 2.24) is 24.5 Å². The molecular weight excluding hydrogens is 324 g/mol. The van der Waals surface area contributed by atoms with Crippen LogP contribution in [0.25, 0.3) is 22.0 Å². The fraction of sp³-hybridized carbons (Fsp3) is 0.333. The molecule has 0 bridgehead atoms. The number of thiol groups is 1. The van der Waals surface area contributed by atoms with Crippen LogP contribution in [0.3, 0.4) is 0 Å². The number of anilines is 1. The fourth-order valence-electron chi connectivity index (χ4n) is 2.05. The molecule has 21 heavy (non-hydrogen) atoms. The van der Waals surface area contributed by atoms with Crippen molar-refractivity contribution in [1.29, 1.82) is 0 Å². The van der Waals surface area contributed by atoms with E-state index in [9.17, 15) is 0 Å². The van der Waals surface area contributed by atoms with Gasteiger partial charge in [-0.15, -0.1) is 11.3 Å². The topological polar surface area (TPSA) is 85.4 Å². The maximum atomic E-state index is 5.98. The van der Waals surface area contributed by atoms with Crippen LogP contribution in [0, 0.1) is 4.77 Å². The summed E-state index contributed by atoms with van der Waals surface area (Å²) in [5.74, 6) is 1.18. The summed E-state index contributed by atoms with van der Waals surface area (Å²) in [7, 11) is 0. The highest BCUT2D eigenvalue weighted by Crippen LogP contribution is 2.28. The molecule has 0 aliphatic carbocycles. The van der Waals surface area contributed by atoms with Crippen molar-refractivity contribution in [3.05, 3.63) is 16.3 Å². The second-order valence-electron chi connectivity index (χ2n) is 4.57. The number of hydrogen-bond donors (Lipinski definition) is 3. The van der Waals surface area contributed by atoms with E-state index in [4.69, 9.17) is 18.0 Å². The first-order valence-electron chi connectivity index (χ1n) is 6.44. The predicted molar refractivity (Wildman–Crippen MR) is 91.3 cm³/mol. The Morgan fingerprint density at radius 1 is 1.52 bits per heavy atom. The Kier molecular flexibility index (Phi) is 3.96. The number of nitrogens with one attached hydrogen (secondary N) is 1. The first-order chi connectivity index (χ1) is 10.1. The van der Waals surface area contributed by atoms with Gasteiger partial charge in [0.25, 0.3) is 0 Å². The van der Waals surface area contributed by atoms with Gasteiger partial charge in [0, 0.05) is 23.4 Å². The largest absolute Gasteiger partial charge is 0.383 e. The third-order valence-electron chi connectivity index (χ3n) is 3.13. The molecule has 0 radical (unpaired) electrons. The molecule has 3 rings (SSSR count). The molecule has 0 aliphatic rings. The van der Waals surface area contributed by atoms with Crippen LogP contribution < -0.4 is 5.73 Å². The molecule has 0 aromatic carbocycles. The molecule has 110 valence electrons. The standard InChI is InChI=1S/C12H14N6S3/c1-2-6(19)5-18-9-7(8(13)16-12(20)17-9)15-10(18)11-14-3-4-21-11/h3-4,6,19H,2,5H2,1H3,(H3,13,16,17,20). The number of H-pyrrole nitrogens is 1. The maximum Gasteiger partial charge on any atom is 0.200 e. The number of aromatic amines is 1. The fourth-order valence-corrected chi connectivity index (χ4v) is 3.04. The number of thiazole rings is 1. The number of nitrogens with two attached hydrogens (primary N) is 1. The summed E-state index contributed by atoms with van der Waals surface area (Å²) in [6.07, 6.45) is 2.69. The van der Waals surface area contributed by atoms with E-state index >= 15 is 0 Å². The van der Waals surface area contributed by atoms with Gasteiger partial charge in [-0.3, -0.25) is 0 Å². The van der Waals surface area contributed by atoms with Gasteiger partial charge in [0.15, 0.2) is 21.3 Å². The lowest BCUT2D eigenvalue weighted by Gasteiger charge is -2.11. The van der Waals surface area contributed by atoms with Crippen molar-refractivity contribution in [2.75, 3.05) is 5.73 Å². The van der Waals surface area contributed by atoms with Crippen molar-refractivity contribution >= 4 is 53.2 Å². The summed E-state index contributed by atoms with van der Waals surface area (Å²) in [4.78, 5) is 16.1. The van der Waals surface area contributed by atoms with E-state index < -0.39 is 0 Å². The maximum absolute atomic E-state index is 5.98. The van der Waals surface area contributed by atoms with E-state index in [1.807, 2.05) is 9.95 Å². The summed E-state index contributed by atoms with van der Waals surface area (Å²) in [5.41, 5.74) is 7.27. The average molecular weight is 338 g/mol. The van der Waals surface area contributed by atoms with Gasteiger partial charge in [-0.05, 0) is 18.6 Å². The third-order valence-corrected chi connectivity index (χ3v) is 4.62. The number of nitrogen functional groups attached to an aromatic ring is 1. The van der Waals surface area contributed by atoms with E-state index in [0.717, 1.165) is 17.3 Å². The van der Waals surface area contributed by atoms with E-state index in [0.29, 0.717) is 28.3 Å². The van der Waals surface area contributed by atoms with Gasteiger partial charge in [0.2, 0.25) is 0 Å². The van der Waals surface area contributed by atoms with Crippen molar-refractivity contribution in [3.8, 4) is 10.8 Å². The quantitative estimate of drug-likeness (QED) is 0.503. The number of hydrogen-bond acceptors (Lipinski definition) is 7. The van der Waals surface area contributed by atoms with Gasteiger partial charge in [-0.2, -0.15) is 17.6 Å². The van der Waals surface area contributed by atoms with Crippen LogP contribution in [0.2, 0.25) is 0 Å². The Hall–Kier alpha value is -1.45. The highest BCUT2D eigenvalue weighted by atomic mass is 32.1. The number of nitrogens with zero attached hydrogens (tertiary/aromatic N) is 4. The van der Waals surface area contributed by atoms with Crippen molar-refractivity contribution in [2.45, 2.75) is 25.1 Å². The number of fused-ring (bicyclic) bond motifs is 1. The zero-order chi connectivity index (χ0) is 15.0. The van der Waals surface area contributed by atoms with E-state index in [1.54, 1.807) is 6.20 Å². The van der Waals surface area contributed by atoms with Crippen LogP contribution in [0.5, 0.6) is 0 Å². The molecule has 1 atom stereocenters. The Bertz CT molecular complexity index is 819. The van der Waals surface area contributed by atoms with E-state index in [-0.39, 0.29) is 5.25 Å². The van der Waals surface area contributed by atoms with Crippen molar-refractivity contribution < 1.29 is 0 Å². The molecule has 0 saturated carbocycles. The summed E-state index contributed by atoms with van der Waals surface area (Å²) in [6.45, 7) is 2.77. The first-order valence-corrected chi connectivity index (χ1v) is 8.24. The number of rotatable bonds is 4. The lowest BCUT2D eigenvalue weighted by molar-refractivity contribution is 0.665. The third kappa shape index (κ3) is 2.68. The van der Waals surface area contributed by atoms with Gasteiger partial charge in [-0.1, -0.05) is 6.92 Å². The molecule has 9 heteroatoms. The van der Waals surface area contributed by atoms with Crippen molar-refractivity contribution in [2.24, 2.45) is 0 Å². The van der Waals surface area contributed by atoms with E-state index in [2.05, 4.69) is 39.5 Å². The van der Waals surface area contributed by atoms with Gasteiger partial charge in [0.1, 0.15) is 11.3 Å². The van der Waals surface area contributed by atoms with Crippen LogP contribution in [0.15, 0.2) is 11.6 Å². The molecule has 6 nitrogen and oxygen atoms in total. The molecule has 0 fully saturated rings. The van der Waals surface area contributed by atoms with Crippen LogP contribution in [-0.4, -0.2) is 29.8 Å². The summed E-state index contributed by atoms with van der Waals surface area (Å²) < 4.78 is 2.34. The van der Waals surface area contributed by atoms with Gasteiger partial charge >= 0.3 is 0 Å². The first kappa shape index (κ1) is 14.5.